The number of hydrogen-bond donors (Lipinski definition) is 4. The van der Waals surface area contributed by atoms with Crippen LogP contribution in [0.4, 0.5) is 0 Å². The smallest absolute Gasteiger partial charge is 0.166 e. The molecule has 2 rings (SSSR count). The lowest BCUT2D eigenvalue weighted by atomic mass is 9.99. The van der Waals surface area contributed by atoms with Gasteiger partial charge in [0.1, 0.15) is 0 Å². The van der Waals surface area contributed by atoms with Crippen molar-refractivity contribution in [2.45, 2.75) is 29.1 Å². The van der Waals surface area contributed by atoms with Crippen molar-refractivity contribution in [3.63, 3.8) is 0 Å². The minimum Gasteiger partial charge on any atom is -0.325 e. The minimum absolute atomic E-state index is 0.230. The van der Waals surface area contributed by atoms with Gasteiger partial charge in [-0.15, -0.1) is 0 Å². The van der Waals surface area contributed by atoms with Gasteiger partial charge < -0.3 is 15.8 Å². The molecule has 0 spiro atoms. The van der Waals surface area contributed by atoms with Gasteiger partial charge in [-0.2, -0.15) is 0 Å². The Bertz CT molecular complexity index is 274. The average Bonchev–Trinajstić information content (AvgIpc) is 2.39. The third-order valence-corrected chi connectivity index (χ3v) is 4.23. The van der Waals surface area contributed by atoms with Crippen LogP contribution in [0.25, 0.3) is 0 Å². The van der Waals surface area contributed by atoms with Crippen LogP contribution in [0.1, 0.15) is 6.42 Å². The summed E-state index contributed by atoms with van der Waals surface area (Å²) in [5.74, 6) is 0. The van der Waals surface area contributed by atoms with E-state index in [1.54, 1.807) is 0 Å². The van der Waals surface area contributed by atoms with Crippen LogP contribution < -0.4 is 22.5 Å². The summed E-state index contributed by atoms with van der Waals surface area (Å²) in [7, 11) is 0. The molecule has 0 aromatic heterocycles. The van der Waals surface area contributed by atoms with Crippen LogP contribution in [-0.2, 0) is 4.74 Å². The second kappa shape index (κ2) is 7.46. The van der Waals surface area contributed by atoms with Crippen LogP contribution in [0.5, 0.6) is 0 Å². The number of alkyl halides is 1. The molecule has 8 heteroatoms. The molecule has 0 saturated carbocycles. The molecule has 2 heterocycles. The zero-order valence-electron chi connectivity index (χ0n) is 11.2. The number of halogens is 1. The Hall–Kier alpha value is 0.450. The first-order valence-corrected chi connectivity index (χ1v) is 8.07. The Labute approximate surface area is 128 Å². The second-order valence-electron chi connectivity index (χ2n) is 5.17. The molecule has 2 aliphatic rings. The van der Waals surface area contributed by atoms with Gasteiger partial charge in [0.15, 0.2) is 10.6 Å². The van der Waals surface area contributed by atoms with Gasteiger partial charge in [-0.1, -0.05) is 0 Å². The van der Waals surface area contributed by atoms with E-state index in [4.69, 9.17) is 21.9 Å². The van der Waals surface area contributed by atoms with E-state index in [2.05, 4.69) is 15.1 Å². The fourth-order valence-electron chi connectivity index (χ4n) is 2.86. The van der Waals surface area contributed by atoms with Crippen molar-refractivity contribution in [1.29, 1.82) is 0 Å². The average molecular weight is 384 g/mol. The van der Waals surface area contributed by atoms with Crippen LogP contribution >= 0.6 is 22.6 Å². The quantitative estimate of drug-likeness (QED) is 0.197. The molecular formula is C11H25IN6O. The van der Waals surface area contributed by atoms with Crippen LogP contribution in [0.15, 0.2) is 0 Å². The number of piperazine rings is 1. The summed E-state index contributed by atoms with van der Waals surface area (Å²) in [6, 6.07) is 0.723. The topological polar surface area (TPSA) is 106 Å². The zero-order valence-corrected chi connectivity index (χ0v) is 13.3. The maximum atomic E-state index is 6.19. The number of piperidine rings is 1. The van der Waals surface area contributed by atoms with Gasteiger partial charge >= 0.3 is 0 Å². The number of hydrogen-bond acceptors (Lipinski definition) is 7. The van der Waals surface area contributed by atoms with E-state index in [1.165, 1.54) is 0 Å². The Kier molecular flexibility index (Phi) is 6.21. The highest BCUT2D eigenvalue weighted by atomic mass is 127. The second-order valence-corrected chi connectivity index (χ2v) is 6.40. The van der Waals surface area contributed by atoms with Crippen molar-refractivity contribution in [2.75, 3.05) is 39.3 Å². The summed E-state index contributed by atoms with van der Waals surface area (Å²) in [5, 5.41) is 3.34. The van der Waals surface area contributed by atoms with E-state index in [-0.39, 0.29) is 10.3 Å². The van der Waals surface area contributed by atoms with Crippen LogP contribution in [0.3, 0.4) is 0 Å². The fourth-order valence-corrected chi connectivity index (χ4v) is 3.17. The molecule has 19 heavy (non-hydrogen) atoms. The molecule has 7 N–H and O–H groups in total. The van der Waals surface area contributed by atoms with Crippen LogP contribution in [0, 0.1) is 0 Å². The zero-order chi connectivity index (χ0) is 13.8. The predicted octanol–water partition coefficient (Wildman–Crippen LogP) is -1.77. The minimum atomic E-state index is -0.407. The Morgan fingerprint density at radius 2 is 1.89 bits per heavy atom. The molecule has 4 unspecified atom stereocenters. The molecular weight excluding hydrogens is 359 g/mol. The normalized spacial score (nSPS) is 34.1. The predicted molar refractivity (Wildman–Crippen MR) is 83.5 cm³/mol. The summed E-state index contributed by atoms with van der Waals surface area (Å²) >= 11 is 2.01. The van der Waals surface area contributed by atoms with Gasteiger partial charge in [0.25, 0.3) is 0 Å². The van der Waals surface area contributed by atoms with Crippen molar-refractivity contribution in [3.8, 4) is 0 Å². The largest absolute Gasteiger partial charge is 0.325 e. The summed E-state index contributed by atoms with van der Waals surface area (Å²) < 4.78 is 5.05. The van der Waals surface area contributed by atoms with E-state index < -0.39 is 6.35 Å². The van der Waals surface area contributed by atoms with Crippen LogP contribution in [-0.4, -0.2) is 71.7 Å². The standard InChI is InChI=1S/C11H25IN6O/c12-10(14)19-11(15)18-5-3-17(4-6-18)9-1-2-16-7-8(9)13/h8-11,16H,1-7,13-15H2. The van der Waals surface area contributed by atoms with Crippen molar-refractivity contribution >= 4 is 22.6 Å². The SMILES string of the molecule is NC(I)OC(N)N1CCN(C2CCNCC2N)CC1. The van der Waals surface area contributed by atoms with Crippen molar-refractivity contribution in [2.24, 2.45) is 17.2 Å². The van der Waals surface area contributed by atoms with Gasteiger partial charge in [0.05, 0.1) is 0 Å². The van der Waals surface area contributed by atoms with Gasteiger partial charge in [-0.3, -0.25) is 21.3 Å². The van der Waals surface area contributed by atoms with E-state index >= 15 is 0 Å². The molecule has 0 bridgehead atoms. The van der Waals surface area contributed by atoms with Crippen molar-refractivity contribution in [3.05, 3.63) is 0 Å². The van der Waals surface area contributed by atoms with Gasteiger partial charge in [0, 0.05) is 44.8 Å². The number of nitrogens with one attached hydrogen (secondary N) is 1. The molecule has 4 atom stereocenters. The first-order chi connectivity index (χ1) is 9.08. The molecule has 2 fully saturated rings. The number of rotatable bonds is 4. The van der Waals surface area contributed by atoms with Crippen molar-refractivity contribution in [1.82, 2.24) is 15.1 Å². The lowest BCUT2D eigenvalue weighted by Gasteiger charge is -2.44. The molecule has 0 aliphatic carbocycles. The Morgan fingerprint density at radius 3 is 2.47 bits per heavy atom. The highest BCUT2D eigenvalue weighted by Gasteiger charge is 2.31. The Morgan fingerprint density at radius 1 is 1.21 bits per heavy atom. The maximum Gasteiger partial charge on any atom is 0.166 e. The fraction of sp³-hybridized carbons (Fsp3) is 1.00. The van der Waals surface area contributed by atoms with E-state index in [1.807, 2.05) is 22.6 Å². The molecule has 7 nitrogen and oxygen atoms in total. The third-order valence-electron chi connectivity index (χ3n) is 3.94. The van der Waals surface area contributed by atoms with Gasteiger partial charge in [-0.05, 0) is 35.6 Å². The van der Waals surface area contributed by atoms with Crippen molar-refractivity contribution < 1.29 is 4.74 Å². The summed E-state index contributed by atoms with van der Waals surface area (Å²) in [6.07, 6.45) is 0.721. The molecule has 0 amide bonds. The lowest BCUT2D eigenvalue weighted by Crippen LogP contribution is -2.62. The molecule has 0 radical (unpaired) electrons. The molecule has 0 aromatic carbocycles. The third kappa shape index (κ3) is 4.46. The summed E-state index contributed by atoms with van der Waals surface area (Å²) in [5.41, 5.74) is 17.7. The van der Waals surface area contributed by atoms with Gasteiger partial charge in [-0.25, -0.2) is 0 Å². The maximum absolute atomic E-state index is 6.19. The highest BCUT2D eigenvalue weighted by Crippen LogP contribution is 2.15. The molecule has 2 aliphatic heterocycles. The first kappa shape index (κ1) is 15.8. The summed E-state index contributed by atoms with van der Waals surface area (Å²) in [4.78, 5) is 4.61. The van der Waals surface area contributed by atoms with E-state index in [0.29, 0.717) is 6.04 Å². The number of ether oxygens (including phenoxy) is 1. The lowest BCUT2D eigenvalue weighted by molar-refractivity contribution is -0.0815. The first-order valence-electron chi connectivity index (χ1n) is 6.83. The highest BCUT2D eigenvalue weighted by molar-refractivity contribution is 14.1. The van der Waals surface area contributed by atoms with Crippen LogP contribution in [0.2, 0.25) is 0 Å². The molecule has 0 aromatic rings. The molecule has 2 saturated heterocycles. The Balaban J connectivity index is 1.78. The number of nitrogens with zero attached hydrogens (tertiary/aromatic N) is 2. The van der Waals surface area contributed by atoms with Gasteiger partial charge in [0.2, 0.25) is 0 Å². The van der Waals surface area contributed by atoms with E-state index in [9.17, 15) is 0 Å². The van der Waals surface area contributed by atoms with E-state index in [0.717, 1.165) is 45.7 Å². The monoisotopic (exact) mass is 384 g/mol. The molecule has 112 valence electrons. The number of nitrogens with two attached hydrogens (primary N) is 3. The summed E-state index contributed by atoms with van der Waals surface area (Å²) in [6.45, 7) is 5.77.